The van der Waals surface area contributed by atoms with Crippen molar-refractivity contribution in [1.82, 2.24) is 4.98 Å². The molecule has 6 heteroatoms. The zero-order chi connectivity index (χ0) is 21.2. The van der Waals surface area contributed by atoms with E-state index >= 15 is 0 Å². The summed E-state index contributed by atoms with van der Waals surface area (Å²) < 4.78 is 0. The second kappa shape index (κ2) is 12.2. The number of halogens is 2. The summed E-state index contributed by atoms with van der Waals surface area (Å²) in [5.74, 6) is 0. The number of aromatic nitrogens is 1. The van der Waals surface area contributed by atoms with Crippen LogP contribution in [0.3, 0.4) is 0 Å². The molecule has 2 aromatic carbocycles. The van der Waals surface area contributed by atoms with E-state index in [0.717, 1.165) is 56.4 Å². The van der Waals surface area contributed by atoms with Crippen molar-refractivity contribution < 1.29 is 11.3 Å². The van der Waals surface area contributed by atoms with E-state index in [0.29, 0.717) is 0 Å². The van der Waals surface area contributed by atoms with E-state index in [1.165, 1.54) is 0 Å². The quantitative estimate of drug-likeness (QED) is 0.242. The number of aryl methyl sites for hydroxylation is 4. The number of para-hydroxylation sites is 2. The van der Waals surface area contributed by atoms with Crippen LogP contribution in [-0.4, -0.2) is 17.4 Å². The molecular formula is C23H23Br2FeN3. The Morgan fingerprint density at radius 1 is 0.655 bits per heavy atom. The van der Waals surface area contributed by atoms with Crippen LogP contribution < -0.4 is 0 Å². The van der Waals surface area contributed by atoms with Crippen molar-refractivity contribution in [1.29, 1.82) is 0 Å². The fourth-order valence-electron chi connectivity index (χ4n) is 2.89. The number of aliphatic imine (C=N–C) groups is 2. The molecule has 3 aromatic rings. The molecule has 0 bridgehead atoms. The van der Waals surface area contributed by atoms with Crippen molar-refractivity contribution in [2.45, 2.75) is 27.7 Å². The van der Waals surface area contributed by atoms with E-state index in [1.54, 1.807) is 0 Å². The molecule has 0 aliphatic heterocycles. The zero-order valence-electron chi connectivity index (χ0n) is 16.8. The van der Waals surface area contributed by atoms with Gasteiger partial charge in [0.25, 0.3) is 0 Å². The van der Waals surface area contributed by atoms with Crippen LogP contribution in [0.15, 0.2) is 64.6 Å². The average Bonchev–Trinajstić information content (AvgIpc) is 2.68. The summed E-state index contributed by atoms with van der Waals surface area (Å²) in [5.41, 5.74) is 8.29. The number of pyridine rings is 1. The summed E-state index contributed by atoms with van der Waals surface area (Å²) in [7, 11) is 0. The van der Waals surface area contributed by atoms with E-state index in [-0.39, 0.29) is 0 Å². The van der Waals surface area contributed by atoms with Crippen molar-refractivity contribution in [3.05, 3.63) is 88.2 Å². The molecular weight excluding hydrogens is 534 g/mol. The van der Waals surface area contributed by atoms with Crippen molar-refractivity contribution in [2.24, 2.45) is 9.98 Å². The molecule has 0 N–H and O–H groups in total. The Morgan fingerprint density at radius 2 is 0.966 bits per heavy atom. The van der Waals surface area contributed by atoms with Crippen molar-refractivity contribution in [3.63, 3.8) is 0 Å². The number of rotatable bonds is 4. The molecule has 0 aliphatic carbocycles. The first-order valence-electron chi connectivity index (χ1n) is 8.99. The van der Waals surface area contributed by atoms with Crippen molar-refractivity contribution >= 4 is 52.0 Å². The molecule has 0 saturated heterocycles. The van der Waals surface area contributed by atoms with Gasteiger partial charge in [0.05, 0.1) is 35.2 Å². The predicted octanol–water partition coefficient (Wildman–Crippen LogP) is 7.51. The molecule has 0 amide bonds. The second-order valence-corrected chi connectivity index (χ2v) is 12.1. The summed E-state index contributed by atoms with van der Waals surface area (Å²) in [6, 6.07) is 18.3. The van der Waals surface area contributed by atoms with Gasteiger partial charge in [-0.25, -0.2) is 4.98 Å². The summed E-state index contributed by atoms with van der Waals surface area (Å²) in [6.07, 6.45) is 3.62. The third-order valence-corrected chi connectivity index (χ3v) is 4.32. The number of nitrogens with zero attached hydrogens (tertiary/aromatic N) is 3. The summed E-state index contributed by atoms with van der Waals surface area (Å²) >= 11 is 7.00. The van der Waals surface area contributed by atoms with Crippen LogP contribution in [0.2, 0.25) is 0 Å². The first kappa shape index (κ1) is 23.7. The fourth-order valence-corrected chi connectivity index (χ4v) is 2.89. The van der Waals surface area contributed by atoms with Crippen LogP contribution >= 0.6 is 28.2 Å². The van der Waals surface area contributed by atoms with Crippen LogP contribution in [0.5, 0.6) is 0 Å². The van der Waals surface area contributed by atoms with E-state index in [4.69, 9.17) is 0 Å². The van der Waals surface area contributed by atoms with Gasteiger partial charge in [-0.1, -0.05) is 42.5 Å². The Labute approximate surface area is 193 Å². The third kappa shape index (κ3) is 7.31. The molecule has 0 atom stereocenters. The van der Waals surface area contributed by atoms with Crippen LogP contribution in [0, 0.1) is 27.7 Å². The van der Waals surface area contributed by atoms with E-state index < -0.39 is 0 Å². The first-order chi connectivity index (χ1) is 14.0. The topological polar surface area (TPSA) is 37.6 Å². The van der Waals surface area contributed by atoms with Gasteiger partial charge in [0.2, 0.25) is 0 Å². The minimum atomic E-state index is 0.818. The van der Waals surface area contributed by atoms with Crippen LogP contribution in [0.25, 0.3) is 0 Å². The monoisotopic (exact) mass is 555 g/mol. The third-order valence-electron chi connectivity index (χ3n) is 4.32. The number of benzene rings is 2. The Morgan fingerprint density at radius 3 is 1.31 bits per heavy atom. The Balaban J connectivity index is 0.000000941. The molecule has 29 heavy (non-hydrogen) atoms. The normalized spacial score (nSPS) is 11.1. The summed E-state index contributed by atoms with van der Waals surface area (Å²) in [6.45, 7) is 8.28. The second-order valence-electron chi connectivity index (χ2n) is 6.54. The number of hydrogen-bond donors (Lipinski definition) is 0. The van der Waals surface area contributed by atoms with Gasteiger partial charge in [0, 0.05) is 0 Å². The molecule has 0 aliphatic rings. The van der Waals surface area contributed by atoms with E-state index in [9.17, 15) is 0 Å². The molecule has 1 heterocycles. The Kier molecular flexibility index (Phi) is 9.95. The average molecular weight is 557 g/mol. The van der Waals surface area contributed by atoms with E-state index in [1.807, 2.05) is 42.8 Å². The first-order valence-corrected chi connectivity index (χ1v) is 14.4. The van der Waals surface area contributed by atoms with Crippen LogP contribution in [-0.2, 0) is 11.3 Å². The molecule has 152 valence electrons. The molecule has 0 unspecified atom stereocenters. The maximum absolute atomic E-state index is 4.63. The van der Waals surface area contributed by atoms with Gasteiger partial charge in [-0.3, -0.25) is 9.98 Å². The van der Waals surface area contributed by atoms with Gasteiger partial charge in [-0.15, -0.1) is 0 Å². The SMILES string of the molecule is Cc1cccc(C)c1N=Cc1cccc(C=Nc2c(C)cccc2C)n1.[Br][Fe][Br]. The van der Waals surface area contributed by atoms with Gasteiger partial charge in [-0.2, -0.15) is 0 Å². The molecule has 0 fully saturated rings. The van der Waals surface area contributed by atoms with Crippen molar-refractivity contribution in [3.8, 4) is 0 Å². The summed E-state index contributed by atoms with van der Waals surface area (Å²) in [4.78, 5) is 13.9. The molecule has 0 spiro atoms. The van der Waals surface area contributed by atoms with Gasteiger partial charge < -0.3 is 0 Å². The number of hydrogen-bond acceptors (Lipinski definition) is 3. The van der Waals surface area contributed by atoms with Gasteiger partial charge in [0.15, 0.2) is 0 Å². The molecule has 3 nitrogen and oxygen atoms in total. The van der Waals surface area contributed by atoms with Crippen molar-refractivity contribution in [2.75, 3.05) is 0 Å². The Bertz CT molecular complexity index is 900. The van der Waals surface area contributed by atoms with Crippen LogP contribution in [0.4, 0.5) is 11.4 Å². The van der Waals surface area contributed by atoms with E-state index in [2.05, 4.69) is 95.1 Å². The minimum absolute atomic E-state index is 0.818. The molecule has 0 saturated carbocycles. The standard InChI is InChI=1S/C23H23N3.2BrH.Fe/c1-16-8-5-9-17(2)22(16)24-14-20-12-7-13-21(26-20)15-25-23-18(3)10-6-11-19(23)4;;;/h5-15H,1-4H3;2*1H;/q;;;+2/p-2. The van der Waals surface area contributed by atoms with Gasteiger partial charge >= 0.3 is 39.6 Å². The molecule has 1 aromatic heterocycles. The fraction of sp³-hybridized carbons (Fsp3) is 0.174. The predicted molar refractivity (Wildman–Crippen MR) is 128 cm³/mol. The summed E-state index contributed by atoms with van der Waals surface area (Å²) in [5, 5.41) is 0. The van der Waals surface area contributed by atoms with Gasteiger partial charge in [-0.05, 0) is 62.1 Å². The van der Waals surface area contributed by atoms with Gasteiger partial charge in [0.1, 0.15) is 0 Å². The zero-order valence-corrected chi connectivity index (χ0v) is 21.1. The molecule has 0 radical (unpaired) electrons. The Hall–Kier alpha value is -1.59. The maximum atomic E-state index is 4.63. The molecule has 3 rings (SSSR count). The van der Waals surface area contributed by atoms with Crippen LogP contribution in [0.1, 0.15) is 33.6 Å².